The average molecular weight is 389 g/mol. The van der Waals surface area contributed by atoms with Gasteiger partial charge in [-0.2, -0.15) is 5.10 Å². The highest BCUT2D eigenvalue weighted by Crippen LogP contribution is 2.28. The minimum absolute atomic E-state index is 0.160. The summed E-state index contributed by atoms with van der Waals surface area (Å²) in [5, 5.41) is 7.18. The van der Waals surface area contributed by atoms with Crippen LogP contribution in [-0.4, -0.2) is 27.6 Å². The smallest absolute Gasteiger partial charge is 0.255 e. The van der Waals surface area contributed by atoms with Crippen molar-refractivity contribution in [1.29, 1.82) is 0 Å². The average Bonchev–Trinajstić information content (AvgIpc) is 3.04. The Hall–Kier alpha value is -2.41. The van der Waals surface area contributed by atoms with Gasteiger partial charge in [-0.05, 0) is 47.5 Å². The summed E-state index contributed by atoms with van der Waals surface area (Å²) < 4.78 is 7.73. The first-order chi connectivity index (χ1) is 11.5. The van der Waals surface area contributed by atoms with E-state index in [2.05, 4.69) is 31.3 Å². The molecule has 1 N–H and O–H groups in total. The minimum Gasteiger partial charge on any atom is -0.496 e. The normalized spacial score (nSPS) is 12.2. The molecule has 0 aliphatic carbocycles. The molecule has 1 amide bonds. The summed E-state index contributed by atoms with van der Waals surface area (Å²) in [6.45, 7) is 3.78. The van der Waals surface area contributed by atoms with E-state index in [4.69, 9.17) is 4.74 Å². The van der Waals surface area contributed by atoms with E-state index in [0.29, 0.717) is 5.56 Å². The summed E-state index contributed by atoms with van der Waals surface area (Å²) in [5.74, 6) is 0.568. The van der Waals surface area contributed by atoms with Gasteiger partial charge in [-0.15, -0.1) is 0 Å². The number of methoxy groups -OCH3 is 1. The maximum Gasteiger partial charge on any atom is 0.255 e. The molecule has 1 unspecified atom stereocenters. The van der Waals surface area contributed by atoms with E-state index in [1.54, 1.807) is 30.1 Å². The molecule has 0 aliphatic rings. The molecule has 1 aromatic carbocycles. The number of halogens is 1. The van der Waals surface area contributed by atoms with Crippen molar-refractivity contribution >= 4 is 27.5 Å². The van der Waals surface area contributed by atoms with E-state index in [1.807, 2.05) is 32.0 Å². The summed E-state index contributed by atoms with van der Waals surface area (Å²) in [4.78, 5) is 16.8. The number of aryl methyl sites for hydroxylation is 1. The highest BCUT2D eigenvalue weighted by Gasteiger charge is 2.16. The van der Waals surface area contributed by atoms with E-state index in [9.17, 15) is 4.79 Å². The molecule has 0 saturated carbocycles. The van der Waals surface area contributed by atoms with Gasteiger partial charge in [-0.1, -0.05) is 6.07 Å². The van der Waals surface area contributed by atoms with Gasteiger partial charge in [0.2, 0.25) is 0 Å². The lowest BCUT2D eigenvalue weighted by molar-refractivity contribution is 0.0938. The van der Waals surface area contributed by atoms with Crippen LogP contribution in [0.3, 0.4) is 0 Å². The molecule has 0 aliphatic heterocycles. The van der Waals surface area contributed by atoms with Gasteiger partial charge in [0, 0.05) is 12.3 Å². The minimum atomic E-state index is -0.183. The van der Waals surface area contributed by atoms with Crippen LogP contribution in [0, 0.1) is 6.92 Å². The predicted molar refractivity (Wildman–Crippen MR) is 94.3 cm³/mol. The van der Waals surface area contributed by atoms with Gasteiger partial charge in [0.25, 0.3) is 5.91 Å². The van der Waals surface area contributed by atoms with Gasteiger partial charge in [0.15, 0.2) is 5.65 Å². The molecule has 24 heavy (non-hydrogen) atoms. The van der Waals surface area contributed by atoms with Crippen molar-refractivity contribution in [1.82, 2.24) is 19.9 Å². The van der Waals surface area contributed by atoms with Crippen LogP contribution in [0.2, 0.25) is 0 Å². The number of carbonyl (C=O) groups excluding carboxylic acids is 1. The largest absolute Gasteiger partial charge is 0.496 e. The van der Waals surface area contributed by atoms with Crippen LogP contribution in [-0.2, 0) is 0 Å². The Morgan fingerprint density at radius 3 is 2.88 bits per heavy atom. The molecular formula is C17H17BrN4O2. The number of nitrogens with one attached hydrogen (secondary N) is 1. The molecule has 0 bridgehead atoms. The Balaban J connectivity index is 1.82. The zero-order valence-electron chi connectivity index (χ0n) is 13.6. The first-order valence-electron chi connectivity index (χ1n) is 7.45. The molecule has 3 aromatic rings. The Kier molecular flexibility index (Phi) is 4.53. The second-order valence-corrected chi connectivity index (χ2v) is 6.30. The highest BCUT2D eigenvalue weighted by atomic mass is 79.9. The predicted octanol–water partition coefficient (Wildman–Crippen LogP) is 3.30. The number of fused-ring (bicyclic) bond motifs is 1. The Labute approximate surface area is 148 Å². The summed E-state index contributed by atoms with van der Waals surface area (Å²) in [5.41, 5.74) is 2.95. The third-order valence-corrected chi connectivity index (χ3v) is 4.54. The fourth-order valence-electron chi connectivity index (χ4n) is 2.52. The van der Waals surface area contributed by atoms with Crippen molar-refractivity contribution < 1.29 is 9.53 Å². The fraction of sp³-hybridized carbons (Fsp3) is 0.235. The van der Waals surface area contributed by atoms with E-state index in [0.717, 1.165) is 27.1 Å². The van der Waals surface area contributed by atoms with Crippen LogP contribution in [0.4, 0.5) is 0 Å². The number of aromatic nitrogens is 3. The number of hydrogen-bond acceptors (Lipinski definition) is 4. The van der Waals surface area contributed by atoms with E-state index >= 15 is 0 Å². The number of amides is 1. The van der Waals surface area contributed by atoms with Crippen molar-refractivity contribution in [3.05, 3.63) is 58.0 Å². The first kappa shape index (κ1) is 16.4. The van der Waals surface area contributed by atoms with Gasteiger partial charge in [0.05, 0.1) is 35.1 Å². The van der Waals surface area contributed by atoms with Gasteiger partial charge < -0.3 is 10.1 Å². The first-order valence-corrected chi connectivity index (χ1v) is 8.24. The van der Waals surface area contributed by atoms with Crippen molar-refractivity contribution in [2.75, 3.05) is 7.11 Å². The summed E-state index contributed by atoms with van der Waals surface area (Å²) in [6, 6.07) is 7.37. The third-order valence-electron chi connectivity index (χ3n) is 3.92. The second-order valence-electron chi connectivity index (χ2n) is 5.45. The quantitative estimate of drug-likeness (QED) is 0.744. The summed E-state index contributed by atoms with van der Waals surface area (Å²) in [7, 11) is 1.62. The molecule has 7 heteroatoms. The van der Waals surface area contributed by atoms with Crippen LogP contribution in [0.25, 0.3) is 5.65 Å². The lowest BCUT2D eigenvalue weighted by Crippen LogP contribution is -2.28. The Bertz CT molecular complexity index is 907. The third kappa shape index (κ3) is 2.99. The van der Waals surface area contributed by atoms with Crippen molar-refractivity contribution in [3.8, 4) is 5.75 Å². The monoisotopic (exact) mass is 388 g/mol. The van der Waals surface area contributed by atoms with Crippen molar-refractivity contribution in [2.45, 2.75) is 19.9 Å². The van der Waals surface area contributed by atoms with Gasteiger partial charge in [-0.25, -0.2) is 9.50 Å². The molecule has 0 fully saturated rings. The number of nitrogens with zero attached hydrogens (tertiary/aromatic N) is 3. The maximum atomic E-state index is 12.6. The van der Waals surface area contributed by atoms with Crippen LogP contribution in [0.1, 0.15) is 34.6 Å². The van der Waals surface area contributed by atoms with Crippen LogP contribution < -0.4 is 10.1 Å². The molecular weight excluding hydrogens is 372 g/mol. The molecule has 3 rings (SSSR count). The second kappa shape index (κ2) is 6.60. The zero-order valence-corrected chi connectivity index (χ0v) is 15.2. The van der Waals surface area contributed by atoms with E-state index in [-0.39, 0.29) is 11.9 Å². The lowest BCUT2D eigenvalue weighted by Gasteiger charge is -2.16. The Morgan fingerprint density at radius 2 is 2.17 bits per heavy atom. The van der Waals surface area contributed by atoms with Gasteiger partial charge >= 0.3 is 0 Å². The van der Waals surface area contributed by atoms with Crippen molar-refractivity contribution in [2.24, 2.45) is 0 Å². The van der Waals surface area contributed by atoms with Gasteiger partial charge in [0.1, 0.15) is 5.75 Å². The number of ether oxygens (including phenoxy) is 1. The summed E-state index contributed by atoms with van der Waals surface area (Å²) >= 11 is 3.46. The van der Waals surface area contributed by atoms with E-state index in [1.165, 1.54) is 0 Å². The van der Waals surface area contributed by atoms with Crippen LogP contribution in [0.15, 0.2) is 41.1 Å². The number of hydrogen-bond donors (Lipinski definition) is 1. The van der Waals surface area contributed by atoms with Crippen molar-refractivity contribution in [3.63, 3.8) is 0 Å². The molecule has 6 nitrogen and oxygen atoms in total. The topological polar surface area (TPSA) is 68.5 Å². The van der Waals surface area contributed by atoms with E-state index < -0.39 is 0 Å². The molecule has 0 saturated heterocycles. The molecule has 0 spiro atoms. The zero-order chi connectivity index (χ0) is 17.3. The Morgan fingerprint density at radius 1 is 1.38 bits per heavy atom. The summed E-state index contributed by atoms with van der Waals surface area (Å²) in [6.07, 6.45) is 3.24. The van der Waals surface area contributed by atoms with Gasteiger partial charge in [-0.3, -0.25) is 4.79 Å². The number of carbonyl (C=O) groups is 1. The molecule has 2 aromatic heterocycles. The van der Waals surface area contributed by atoms with Crippen LogP contribution in [0.5, 0.6) is 5.75 Å². The SMILES string of the molecule is COc1ccc(C(C)NC(=O)c2cnc3ccnn3c2C)cc1Br. The lowest BCUT2D eigenvalue weighted by atomic mass is 10.1. The fourth-order valence-corrected chi connectivity index (χ4v) is 3.08. The molecule has 0 radical (unpaired) electrons. The number of rotatable bonds is 4. The standard InChI is InChI=1S/C17H17BrN4O2/c1-10(12-4-5-15(24-3)14(18)8-12)21-17(23)13-9-19-16-6-7-20-22(16)11(13)2/h4-10H,1-3H3,(H,21,23). The number of benzene rings is 1. The maximum absolute atomic E-state index is 12.6. The highest BCUT2D eigenvalue weighted by molar-refractivity contribution is 9.10. The molecule has 124 valence electrons. The molecule has 1 atom stereocenters. The van der Waals surface area contributed by atoms with Crippen LogP contribution >= 0.6 is 15.9 Å². The molecule has 2 heterocycles.